The van der Waals surface area contributed by atoms with Crippen LogP contribution in [0.2, 0.25) is 5.02 Å². The van der Waals surface area contributed by atoms with E-state index in [1.54, 1.807) is 29.4 Å². The predicted octanol–water partition coefficient (Wildman–Crippen LogP) is 3.23. The lowest BCUT2D eigenvalue weighted by atomic mass is 10.1. The normalized spacial score (nSPS) is 17.6. The molecule has 1 aliphatic heterocycles. The number of rotatable bonds is 4. The molecule has 0 spiro atoms. The molecule has 1 fully saturated rings. The van der Waals surface area contributed by atoms with Gasteiger partial charge in [-0.2, -0.15) is 0 Å². The monoisotopic (exact) mass is 332 g/mol. The van der Waals surface area contributed by atoms with E-state index in [0.29, 0.717) is 29.6 Å². The van der Waals surface area contributed by atoms with Crippen LogP contribution in [0.5, 0.6) is 0 Å². The molecule has 0 radical (unpaired) electrons. The van der Waals surface area contributed by atoms with Crippen LogP contribution in [0.4, 0.5) is 5.69 Å². The summed E-state index contributed by atoms with van der Waals surface area (Å²) in [5.74, 6) is 0.144. The molecule has 2 amide bonds. The Kier molecular flexibility index (Phi) is 4.39. The number of nitrogens with zero attached hydrogens (tertiary/aromatic N) is 1. The quantitative estimate of drug-likeness (QED) is 0.935. The minimum Gasteiger partial charge on any atom is -0.467 e. The molecule has 0 saturated carbocycles. The molecular weight excluding hydrogens is 316 g/mol. The molecule has 5 nitrogen and oxygen atoms in total. The Labute approximate surface area is 139 Å². The molecule has 1 N–H and O–H groups in total. The number of amides is 2. The largest absolute Gasteiger partial charge is 0.467 e. The number of likely N-dealkylation sites (tertiary alicyclic amines) is 1. The van der Waals surface area contributed by atoms with Crippen molar-refractivity contribution in [2.24, 2.45) is 5.92 Å². The van der Waals surface area contributed by atoms with E-state index < -0.39 is 0 Å². The first-order chi connectivity index (χ1) is 11.0. The fourth-order valence-corrected chi connectivity index (χ4v) is 2.79. The van der Waals surface area contributed by atoms with Crippen LogP contribution in [0.25, 0.3) is 0 Å². The van der Waals surface area contributed by atoms with Gasteiger partial charge in [-0.1, -0.05) is 17.7 Å². The fourth-order valence-electron chi connectivity index (χ4n) is 2.61. The Balaban J connectivity index is 1.62. The highest BCUT2D eigenvalue weighted by atomic mass is 35.5. The first-order valence-electron chi connectivity index (χ1n) is 7.40. The molecule has 120 valence electrons. The van der Waals surface area contributed by atoms with Crippen molar-refractivity contribution in [3.8, 4) is 0 Å². The Bertz CT molecular complexity index is 727. The van der Waals surface area contributed by atoms with Crippen LogP contribution in [0.1, 0.15) is 17.7 Å². The first kappa shape index (κ1) is 15.6. The lowest BCUT2D eigenvalue weighted by Crippen LogP contribution is -2.27. The van der Waals surface area contributed by atoms with E-state index in [0.717, 1.165) is 5.56 Å². The molecule has 23 heavy (non-hydrogen) atoms. The van der Waals surface area contributed by atoms with E-state index in [1.807, 2.05) is 19.1 Å². The highest BCUT2D eigenvalue weighted by Crippen LogP contribution is 2.24. The van der Waals surface area contributed by atoms with Crippen LogP contribution in [0.3, 0.4) is 0 Å². The summed E-state index contributed by atoms with van der Waals surface area (Å²) in [6.45, 7) is 2.69. The van der Waals surface area contributed by atoms with E-state index in [-0.39, 0.29) is 24.2 Å². The van der Waals surface area contributed by atoms with Gasteiger partial charge in [-0.25, -0.2) is 0 Å². The minimum absolute atomic E-state index is 0.0384. The summed E-state index contributed by atoms with van der Waals surface area (Å²) in [5.41, 5.74) is 1.59. The zero-order valence-electron chi connectivity index (χ0n) is 12.7. The standard InChI is InChI=1S/C17H17ClN2O3/c1-11-4-5-13(8-15(11)18)19-17(22)12-7-16(21)20(9-12)10-14-3-2-6-23-14/h2-6,8,12H,7,9-10H2,1H3,(H,19,22)/t12-/m1/s1. The van der Waals surface area contributed by atoms with Gasteiger partial charge in [0.15, 0.2) is 0 Å². The highest BCUT2D eigenvalue weighted by Gasteiger charge is 2.34. The molecule has 0 unspecified atom stereocenters. The van der Waals surface area contributed by atoms with Crippen LogP contribution >= 0.6 is 11.6 Å². The number of anilines is 1. The molecule has 2 aromatic rings. The van der Waals surface area contributed by atoms with Gasteiger partial charge in [0, 0.05) is 23.7 Å². The van der Waals surface area contributed by atoms with Gasteiger partial charge in [0.1, 0.15) is 5.76 Å². The second-order valence-electron chi connectivity index (χ2n) is 5.71. The van der Waals surface area contributed by atoms with Crippen LogP contribution in [-0.4, -0.2) is 23.3 Å². The van der Waals surface area contributed by atoms with Crippen LogP contribution in [0.15, 0.2) is 41.0 Å². The van der Waals surface area contributed by atoms with Gasteiger partial charge < -0.3 is 14.6 Å². The van der Waals surface area contributed by atoms with Crippen molar-refractivity contribution in [3.63, 3.8) is 0 Å². The molecule has 2 heterocycles. The third-order valence-corrected chi connectivity index (χ3v) is 4.36. The van der Waals surface area contributed by atoms with Gasteiger partial charge >= 0.3 is 0 Å². The molecule has 1 aromatic carbocycles. The first-order valence-corrected chi connectivity index (χ1v) is 7.78. The van der Waals surface area contributed by atoms with E-state index in [1.165, 1.54) is 0 Å². The molecule has 6 heteroatoms. The molecule has 0 aliphatic carbocycles. The summed E-state index contributed by atoms with van der Waals surface area (Å²) >= 11 is 6.06. The fraction of sp³-hybridized carbons (Fsp3) is 0.294. The maximum atomic E-state index is 12.3. The van der Waals surface area contributed by atoms with Crippen LogP contribution in [-0.2, 0) is 16.1 Å². The smallest absolute Gasteiger partial charge is 0.229 e. The van der Waals surface area contributed by atoms with Gasteiger partial charge in [-0.3, -0.25) is 9.59 Å². The summed E-state index contributed by atoms with van der Waals surface area (Å²) in [6.07, 6.45) is 1.79. The topological polar surface area (TPSA) is 62.6 Å². The molecule has 0 bridgehead atoms. The van der Waals surface area contributed by atoms with Crippen molar-refractivity contribution in [2.45, 2.75) is 19.9 Å². The SMILES string of the molecule is Cc1ccc(NC(=O)[C@@H]2CC(=O)N(Cc3ccco3)C2)cc1Cl. The van der Waals surface area contributed by atoms with Crippen LogP contribution < -0.4 is 5.32 Å². The van der Waals surface area contributed by atoms with Crippen LogP contribution in [0, 0.1) is 12.8 Å². The highest BCUT2D eigenvalue weighted by molar-refractivity contribution is 6.31. The van der Waals surface area contributed by atoms with Crippen molar-refractivity contribution in [1.29, 1.82) is 0 Å². The second-order valence-corrected chi connectivity index (χ2v) is 6.12. The maximum Gasteiger partial charge on any atom is 0.229 e. The Hall–Kier alpha value is -2.27. The average Bonchev–Trinajstić information content (AvgIpc) is 3.14. The number of halogens is 1. The second kappa shape index (κ2) is 6.46. The number of carbonyl (C=O) groups is 2. The van der Waals surface area contributed by atoms with E-state index in [4.69, 9.17) is 16.0 Å². The summed E-state index contributed by atoms with van der Waals surface area (Å²) in [4.78, 5) is 26.0. The zero-order valence-corrected chi connectivity index (χ0v) is 13.5. The lowest BCUT2D eigenvalue weighted by Gasteiger charge is -2.15. The van der Waals surface area contributed by atoms with Gasteiger partial charge in [0.2, 0.25) is 11.8 Å². The molecule has 1 aromatic heterocycles. The van der Waals surface area contributed by atoms with Crippen molar-refractivity contribution in [1.82, 2.24) is 4.90 Å². The number of nitrogens with one attached hydrogen (secondary N) is 1. The number of furan rings is 1. The summed E-state index contributed by atoms with van der Waals surface area (Å²) in [5, 5.41) is 3.43. The molecule has 1 atom stereocenters. The maximum absolute atomic E-state index is 12.3. The van der Waals surface area contributed by atoms with Gasteiger partial charge in [-0.15, -0.1) is 0 Å². The van der Waals surface area contributed by atoms with Gasteiger partial charge in [0.05, 0.1) is 18.7 Å². The van der Waals surface area contributed by atoms with Crippen molar-refractivity contribution in [3.05, 3.63) is 52.9 Å². The number of hydrogen-bond donors (Lipinski definition) is 1. The summed E-state index contributed by atoms with van der Waals surface area (Å²) in [7, 11) is 0. The molecule has 1 saturated heterocycles. The van der Waals surface area contributed by atoms with E-state index in [9.17, 15) is 9.59 Å². The Morgan fingerprint density at radius 1 is 1.43 bits per heavy atom. The number of carbonyl (C=O) groups excluding carboxylic acids is 2. The molecule has 3 rings (SSSR count). The lowest BCUT2D eigenvalue weighted by molar-refractivity contribution is -0.128. The average molecular weight is 333 g/mol. The number of benzene rings is 1. The Morgan fingerprint density at radius 2 is 2.26 bits per heavy atom. The minimum atomic E-state index is -0.363. The molecular formula is C17H17ClN2O3. The van der Waals surface area contributed by atoms with Gasteiger partial charge in [0.25, 0.3) is 0 Å². The number of hydrogen-bond acceptors (Lipinski definition) is 3. The third kappa shape index (κ3) is 3.56. The molecule has 1 aliphatic rings. The van der Waals surface area contributed by atoms with E-state index in [2.05, 4.69) is 5.32 Å². The predicted molar refractivity (Wildman–Crippen MR) is 87.1 cm³/mol. The zero-order chi connectivity index (χ0) is 16.4. The summed E-state index contributed by atoms with van der Waals surface area (Å²) < 4.78 is 5.25. The van der Waals surface area contributed by atoms with Crippen molar-refractivity contribution in [2.75, 3.05) is 11.9 Å². The third-order valence-electron chi connectivity index (χ3n) is 3.95. The number of aryl methyl sites for hydroxylation is 1. The van der Waals surface area contributed by atoms with Crippen molar-refractivity contribution >= 4 is 29.1 Å². The van der Waals surface area contributed by atoms with Crippen molar-refractivity contribution < 1.29 is 14.0 Å². The van der Waals surface area contributed by atoms with Gasteiger partial charge in [-0.05, 0) is 36.8 Å². The Morgan fingerprint density at radius 3 is 2.96 bits per heavy atom. The van der Waals surface area contributed by atoms with E-state index >= 15 is 0 Å². The summed E-state index contributed by atoms with van der Waals surface area (Å²) in [6, 6.07) is 8.96.